The van der Waals surface area contributed by atoms with Crippen LogP contribution in [0.2, 0.25) is 0 Å². The molecule has 6 nitrogen and oxygen atoms in total. The molecule has 0 aromatic carbocycles. The third kappa shape index (κ3) is 4.03. The maximum Gasteiger partial charge on any atom is 0.347 e. The molecule has 1 aliphatic rings. The van der Waals surface area contributed by atoms with Gasteiger partial charge in [-0.3, -0.25) is 14.3 Å². The monoisotopic (exact) mass is 312 g/mol. The molecular formula is C17H20N4O2. The highest BCUT2D eigenvalue weighted by Gasteiger charge is 2.24. The van der Waals surface area contributed by atoms with Crippen molar-refractivity contribution in [3.63, 3.8) is 0 Å². The van der Waals surface area contributed by atoms with Crippen molar-refractivity contribution in [2.24, 2.45) is 5.92 Å². The van der Waals surface area contributed by atoms with Crippen LogP contribution in [0.5, 0.6) is 0 Å². The Hall–Kier alpha value is -2.50. The van der Waals surface area contributed by atoms with Crippen molar-refractivity contribution in [3.05, 3.63) is 59.0 Å². The minimum absolute atomic E-state index is 0.0224. The minimum atomic E-state index is -0.386. The average Bonchev–Trinajstić information content (AvgIpc) is 2.58. The van der Waals surface area contributed by atoms with Crippen LogP contribution in [-0.4, -0.2) is 38.4 Å². The van der Waals surface area contributed by atoms with Gasteiger partial charge in [0.1, 0.15) is 6.54 Å². The average molecular weight is 312 g/mol. The van der Waals surface area contributed by atoms with Crippen molar-refractivity contribution in [2.45, 2.75) is 25.8 Å². The van der Waals surface area contributed by atoms with Crippen molar-refractivity contribution in [2.75, 3.05) is 13.1 Å². The topological polar surface area (TPSA) is 68.1 Å². The second-order valence-electron chi connectivity index (χ2n) is 5.90. The summed E-state index contributed by atoms with van der Waals surface area (Å²) in [5, 5.41) is 0. The van der Waals surface area contributed by atoms with E-state index < -0.39 is 0 Å². The predicted molar refractivity (Wildman–Crippen MR) is 85.7 cm³/mol. The largest absolute Gasteiger partial charge is 0.347 e. The molecule has 23 heavy (non-hydrogen) atoms. The summed E-state index contributed by atoms with van der Waals surface area (Å²) in [6.45, 7) is 1.54. The van der Waals surface area contributed by atoms with Gasteiger partial charge in [-0.2, -0.15) is 0 Å². The van der Waals surface area contributed by atoms with Gasteiger partial charge in [0.15, 0.2) is 0 Å². The number of carbonyl (C=O) groups is 1. The molecule has 0 N–H and O–H groups in total. The van der Waals surface area contributed by atoms with Gasteiger partial charge in [-0.25, -0.2) is 9.78 Å². The number of piperidine rings is 1. The Morgan fingerprint density at radius 2 is 2.09 bits per heavy atom. The quantitative estimate of drug-likeness (QED) is 0.848. The fourth-order valence-corrected chi connectivity index (χ4v) is 3.03. The zero-order valence-corrected chi connectivity index (χ0v) is 13.0. The van der Waals surface area contributed by atoms with Crippen LogP contribution in [0.1, 0.15) is 18.5 Å². The SMILES string of the molecule is O=C(Cn1cccnc1=O)N1CCCC(Cc2ccccn2)C1. The highest BCUT2D eigenvalue weighted by molar-refractivity contribution is 5.76. The minimum Gasteiger partial charge on any atom is -0.341 e. The maximum atomic E-state index is 12.4. The molecule has 0 aliphatic carbocycles. The van der Waals surface area contributed by atoms with Gasteiger partial charge in [0.25, 0.3) is 0 Å². The summed E-state index contributed by atoms with van der Waals surface area (Å²) in [5.74, 6) is 0.402. The zero-order chi connectivity index (χ0) is 16.1. The zero-order valence-electron chi connectivity index (χ0n) is 13.0. The summed E-state index contributed by atoms with van der Waals surface area (Å²) in [4.78, 5) is 34.0. The third-order valence-corrected chi connectivity index (χ3v) is 4.18. The smallest absolute Gasteiger partial charge is 0.341 e. The van der Waals surface area contributed by atoms with E-state index in [4.69, 9.17) is 0 Å². The molecule has 1 atom stereocenters. The van der Waals surface area contributed by atoms with Crippen molar-refractivity contribution in [1.82, 2.24) is 19.4 Å². The Bertz CT molecular complexity index is 714. The van der Waals surface area contributed by atoms with Crippen LogP contribution in [0, 0.1) is 5.92 Å². The summed E-state index contributed by atoms with van der Waals surface area (Å²) in [5.41, 5.74) is 0.679. The van der Waals surface area contributed by atoms with E-state index in [-0.39, 0.29) is 18.1 Å². The lowest BCUT2D eigenvalue weighted by molar-refractivity contribution is -0.133. The maximum absolute atomic E-state index is 12.4. The first kappa shape index (κ1) is 15.4. The first-order chi connectivity index (χ1) is 11.2. The van der Waals surface area contributed by atoms with Gasteiger partial charge in [-0.15, -0.1) is 0 Å². The number of carbonyl (C=O) groups excluding carboxylic acids is 1. The Morgan fingerprint density at radius 1 is 1.22 bits per heavy atom. The first-order valence-electron chi connectivity index (χ1n) is 7.91. The molecule has 1 fully saturated rings. The fraction of sp³-hybridized carbons (Fsp3) is 0.412. The number of rotatable bonds is 4. The summed E-state index contributed by atoms with van der Waals surface area (Å²) >= 11 is 0. The molecule has 2 aromatic rings. The number of nitrogens with zero attached hydrogens (tertiary/aromatic N) is 4. The molecule has 2 aromatic heterocycles. The van der Waals surface area contributed by atoms with Crippen LogP contribution < -0.4 is 5.69 Å². The second kappa shape index (κ2) is 7.17. The number of pyridine rings is 1. The van der Waals surface area contributed by atoms with Crippen LogP contribution in [0.4, 0.5) is 0 Å². The van der Waals surface area contributed by atoms with Crippen molar-refractivity contribution in [3.8, 4) is 0 Å². The number of aromatic nitrogens is 3. The number of hydrogen-bond acceptors (Lipinski definition) is 4. The third-order valence-electron chi connectivity index (χ3n) is 4.18. The standard InChI is InChI=1S/C17H20N4O2/c22-16(13-21-10-4-8-19-17(21)23)20-9-3-5-14(12-20)11-15-6-1-2-7-18-15/h1-2,4,6-8,10,14H,3,5,9,11-13H2. The Kier molecular flexibility index (Phi) is 4.80. The van der Waals surface area contributed by atoms with Crippen LogP contribution in [-0.2, 0) is 17.8 Å². The molecule has 3 heterocycles. The Balaban J connectivity index is 1.61. The fourth-order valence-electron chi connectivity index (χ4n) is 3.03. The normalized spacial score (nSPS) is 17.9. The molecule has 0 spiro atoms. The molecule has 1 unspecified atom stereocenters. The molecule has 1 aliphatic heterocycles. The van der Waals surface area contributed by atoms with Gasteiger partial charge in [0, 0.05) is 37.4 Å². The van der Waals surface area contributed by atoms with Gasteiger partial charge in [0.2, 0.25) is 5.91 Å². The molecule has 0 radical (unpaired) electrons. The summed E-state index contributed by atoms with van der Waals surface area (Å²) < 4.78 is 1.35. The molecule has 120 valence electrons. The van der Waals surface area contributed by atoms with E-state index in [0.717, 1.165) is 38.0 Å². The van der Waals surface area contributed by atoms with Crippen LogP contribution in [0.3, 0.4) is 0 Å². The highest BCUT2D eigenvalue weighted by atomic mass is 16.2. The summed E-state index contributed by atoms with van der Waals surface area (Å²) in [7, 11) is 0. The molecule has 0 bridgehead atoms. The van der Waals surface area contributed by atoms with Crippen LogP contribution in [0.25, 0.3) is 0 Å². The van der Waals surface area contributed by atoms with Crippen molar-refractivity contribution < 1.29 is 4.79 Å². The number of hydrogen-bond donors (Lipinski definition) is 0. The van der Waals surface area contributed by atoms with E-state index in [0.29, 0.717) is 5.92 Å². The van der Waals surface area contributed by atoms with Gasteiger partial charge < -0.3 is 4.90 Å². The van der Waals surface area contributed by atoms with E-state index in [1.807, 2.05) is 23.1 Å². The van der Waals surface area contributed by atoms with E-state index in [2.05, 4.69) is 9.97 Å². The number of amides is 1. The Labute approximate surface area is 134 Å². The van der Waals surface area contributed by atoms with Crippen molar-refractivity contribution in [1.29, 1.82) is 0 Å². The molecule has 3 rings (SSSR count). The summed E-state index contributed by atoms with van der Waals surface area (Å²) in [6, 6.07) is 7.58. The number of likely N-dealkylation sites (tertiary alicyclic amines) is 1. The van der Waals surface area contributed by atoms with Gasteiger partial charge in [0.05, 0.1) is 0 Å². The van der Waals surface area contributed by atoms with Crippen molar-refractivity contribution >= 4 is 5.91 Å². The Morgan fingerprint density at radius 3 is 2.87 bits per heavy atom. The van der Waals surface area contributed by atoms with E-state index in [1.54, 1.807) is 18.5 Å². The highest BCUT2D eigenvalue weighted by Crippen LogP contribution is 2.20. The van der Waals surface area contributed by atoms with Gasteiger partial charge in [-0.05, 0) is 43.4 Å². The molecule has 0 saturated carbocycles. The molecule has 1 amide bonds. The van der Waals surface area contributed by atoms with Crippen LogP contribution >= 0.6 is 0 Å². The molecule has 6 heteroatoms. The lowest BCUT2D eigenvalue weighted by Gasteiger charge is -2.32. The van der Waals surface area contributed by atoms with Gasteiger partial charge >= 0.3 is 5.69 Å². The van der Waals surface area contributed by atoms with E-state index in [1.165, 1.54) is 10.8 Å². The molecule has 1 saturated heterocycles. The van der Waals surface area contributed by atoms with E-state index >= 15 is 0 Å². The molecular weight excluding hydrogens is 292 g/mol. The summed E-state index contributed by atoms with van der Waals surface area (Å²) in [6.07, 6.45) is 7.82. The lowest BCUT2D eigenvalue weighted by atomic mass is 9.93. The second-order valence-corrected chi connectivity index (χ2v) is 5.90. The lowest BCUT2D eigenvalue weighted by Crippen LogP contribution is -2.43. The first-order valence-corrected chi connectivity index (χ1v) is 7.91. The predicted octanol–water partition coefficient (Wildman–Crippen LogP) is 1.12. The van der Waals surface area contributed by atoms with Gasteiger partial charge in [-0.1, -0.05) is 6.07 Å². The van der Waals surface area contributed by atoms with E-state index in [9.17, 15) is 9.59 Å². The van der Waals surface area contributed by atoms with Crippen LogP contribution in [0.15, 0.2) is 47.7 Å².